The molecule has 0 heterocycles. The van der Waals surface area contributed by atoms with Gasteiger partial charge in [-0.1, -0.05) is 13.8 Å². The molecule has 2 aliphatic rings. The summed E-state index contributed by atoms with van der Waals surface area (Å²) in [7, 11) is 0. The summed E-state index contributed by atoms with van der Waals surface area (Å²) in [6.45, 7) is 5.01. The third kappa shape index (κ3) is 4.27. The topological polar surface area (TPSA) is 55.1 Å². The van der Waals surface area contributed by atoms with Crippen LogP contribution in [0.2, 0.25) is 0 Å². The SMILES string of the molecule is CC(C)CC(CN)CC(=O)NC(C1CC1)C1CC1. The molecule has 1 atom stereocenters. The Balaban J connectivity index is 1.75. The summed E-state index contributed by atoms with van der Waals surface area (Å²) in [6.07, 6.45) is 6.93. The molecule has 3 nitrogen and oxygen atoms in total. The number of carbonyl (C=O) groups is 1. The van der Waals surface area contributed by atoms with E-state index in [0.29, 0.717) is 30.8 Å². The number of nitrogens with two attached hydrogens (primary N) is 1. The molecule has 2 fully saturated rings. The fourth-order valence-electron chi connectivity index (χ4n) is 2.97. The monoisotopic (exact) mass is 252 g/mol. The zero-order valence-electron chi connectivity index (χ0n) is 11.8. The molecule has 2 rings (SSSR count). The Kier molecular flexibility index (Phi) is 4.66. The largest absolute Gasteiger partial charge is 0.353 e. The zero-order valence-corrected chi connectivity index (χ0v) is 11.8. The van der Waals surface area contributed by atoms with Crippen molar-refractivity contribution in [3.05, 3.63) is 0 Å². The maximum Gasteiger partial charge on any atom is 0.220 e. The third-order valence-corrected chi connectivity index (χ3v) is 4.20. The summed E-state index contributed by atoms with van der Waals surface area (Å²) in [5.41, 5.74) is 5.76. The zero-order chi connectivity index (χ0) is 13.1. The Morgan fingerprint density at radius 1 is 1.22 bits per heavy atom. The number of rotatable bonds is 8. The minimum atomic E-state index is 0.231. The van der Waals surface area contributed by atoms with E-state index >= 15 is 0 Å². The molecule has 104 valence electrons. The highest BCUT2D eigenvalue weighted by Gasteiger charge is 2.42. The van der Waals surface area contributed by atoms with E-state index < -0.39 is 0 Å². The van der Waals surface area contributed by atoms with Crippen LogP contribution in [-0.2, 0) is 4.79 Å². The van der Waals surface area contributed by atoms with Gasteiger partial charge in [-0.2, -0.15) is 0 Å². The normalized spacial score (nSPS) is 21.4. The number of nitrogens with one attached hydrogen (secondary N) is 1. The Labute approximate surface area is 111 Å². The van der Waals surface area contributed by atoms with Crippen LogP contribution >= 0.6 is 0 Å². The lowest BCUT2D eigenvalue weighted by molar-refractivity contribution is -0.123. The van der Waals surface area contributed by atoms with Crippen molar-refractivity contribution in [1.29, 1.82) is 0 Å². The van der Waals surface area contributed by atoms with E-state index in [2.05, 4.69) is 19.2 Å². The summed E-state index contributed by atoms with van der Waals surface area (Å²) >= 11 is 0. The van der Waals surface area contributed by atoms with Gasteiger partial charge in [-0.15, -0.1) is 0 Å². The predicted octanol–water partition coefficient (Wildman–Crippen LogP) is 2.30. The van der Waals surface area contributed by atoms with Crippen LogP contribution in [-0.4, -0.2) is 18.5 Å². The highest BCUT2D eigenvalue weighted by atomic mass is 16.1. The van der Waals surface area contributed by atoms with Crippen molar-refractivity contribution in [2.75, 3.05) is 6.54 Å². The maximum absolute atomic E-state index is 12.1. The van der Waals surface area contributed by atoms with Crippen molar-refractivity contribution < 1.29 is 4.79 Å². The fourth-order valence-corrected chi connectivity index (χ4v) is 2.97. The summed E-state index contributed by atoms with van der Waals surface area (Å²) in [5, 5.41) is 3.28. The van der Waals surface area contributed by atoms with Gasteiger partial charge in [0.2, 0.25) is 5.91 Å². The minimum Gasteiger partial charge on any atom is -0.353 e. The number of hydrogen-bond donors (Lipinski definition) is 2. The van der Waals surface area contributed by atoms with Crippen molar-refractivity contribution in [2.45, 2.75) is 58.4 Å². The summed E-state index contributed by atoms with van der Waals surface area (Å²) in [6, 6.07) is 0.481. The van der Waals surface area contributed by atoms with E-state index in [4.69, 9.17) is 5.73 Å². The van der Waals surface area contributed by atoms with Crippen LogP contribution in [0.15, 0.2) is 0 Å². The Bertz CT molecular complexity index is 270. The Hall–Kier alpha value is -0.570. The Morgan fingerprint density at radius 2 is 1.78 bits per heavy atom. The molecular formula is C15H28N2O. The van der Waals surface area contributed by atoms with Gasteiger partial charge in [0, 0.05) is 12.5 Å². The Morgan fingerprint density at radius 3 is 2.17 bits per heavy atom. The van der Waals surface area contributed by atoms with Gasteiger partial charge in [0.25, 0.3) is 0 Å². The van der Waals surface area contributed by atoms with Gasteiger partial charge in [0.05, 0.1) is 0 Å². The molecular weight excluding hydrogens is 224 g/mol. The van der Waals surface area contributed by atoms with Crippen molar-refractivity contribution in [3.8, 4) is 0 Å². The van der Waals surface area contributed by atoms with Crippen molar-refractivity contribution in [1.82, 2.24) is 5.32 Å². The van der Waals surface area contributed by atoms with Crippen LogP contribution < -0.4 is 11.1 Å². The lowest BCUT2D eigenvalue weighted by atomic mass is 9.93. The van der Waals surface area contributed by atoms with E-state index in [1.54, 1.807) is 0 Å². The predicted molar refractivity (Wildman–Crippen MR) is 74.0 cm³/mol. The lowest BCUT2D eigenvalue weighted by Gasteiger charge is -2.21. The fraction of sp³-hybridized carbons (Fsp3) is 0.933. The molecule has 2 aliphatic carbocycles. The molecule has 2 saturated carbocycles. The first-order valence-electron chi connectivity index (χ1n) is 7.59. The molecule has 3 N–H and O–H groups in total. The molecule has 0 radical (unpaired) electrons. The van der Waals surface area contributed by atoms with Crippen LogP contribution in [0.3, 0.4) is 0 Å². The second kappa shape index (κ2) is 6.05. The van der Waals surface area contributed by atoms with Crippen LogP contribution in [0.4, 0.5) is 0 Å². The quantitative estimate of drug-likeness (QED) is 0.696. The molecule has 0 spiro atoms. The highest BCUT2D eigenvalue weighted by Crippen LogP contribution is 2.44. The second-order valence-electron chi connectivity index (χ2n) is 6.70. The average Bonchev–Trinajstić information content (AvgIpc) is 3.16. The van der Waals surface area contributed by atoms with Crippen LogP contribution in [0.25, 0.3) is 0 Å². The van der Waals surface area contributed by atoms with Gasteiger partial charge < -0.3 is 11.1 Å². The molecule has 3 heteroatoms. The minimum absolute atomic E-state index is 0.231. The first-order chi connectivity index (χ1) is 8.60. The van der Waals surface area contributed by atoms with Gasteiger partial charge >= 0.3 is 0 Å². The molecule has 0 aromatic heterocycles. The molecule has 0 aromatic carbocycles. The molecule has 0 aliphatic heterocycles. The highest BCUT2D eigenvalue weighted by molar-refractivity contribution is 5.76. The molecule has 1 amide bonds. The smallest absolute Gasteiger partial charge is 0.220 e. The molecule has 0 aromatic rings. The maximum atomic E-state index is 12.1. The van der Waals surface area contributed by atoms with Crippen LogP contribution in [0, 0.1) is 23.7 Å². The number of amides is 1. The van der Waals surface area contributed by atoms with Gasteiger partial charge in [-0.05, 0) is 62.3 Å². The summed E-state index contributed by atoms with van der Waals surface area (Å²) in [5.74, 6) is 2.76. The standard InChI is InChI=1S/C15H28N2O/c1-10(2)7-11(9-16)8-14(18)17-15(12-3-4-12)13-5-6-13/h10-13,15H,3-9,16H2,1-2H3,(H,17,18). The summed E-state index contributed by atoms with van der Waals surface area (Å²) < 4.78 is 0. The van der Waals surface area contributed by atoms with Gasteiger partial charge in [0.1, 0.15) is 0 Å². The average molecular weight is 252 g/mol. The number of hydrogen-bond acceptors (Lipinski definition) is 2. The molecule has 0 saturated heterocycles. The number of carbonyl (C=O) groups excluding carboxylic acids is 1. The van der Waals surface area contributed by atoms with E-state index in [1.165, 1.54) is 25.7 Å². The summed E-state index contributed by atoms with van der Waals surface area (Å²) in [4.78, 5) is 12.1. The first kappa shape index (κ1) is 13.9. The molecule has 0 bridgehead atoms. The molecule has 1 unspecified atom stereocenters. The van der Waals surface area contributed by atoms with E-state index in [1.807, 2.05) is 0 Å². The van der Waals surface area contributed by atoms with Crippen LogP contribution in [0.5, 0.6) is 0 Å². The molecule has 18 heavy (non-hydrogen) atoms. The van der Waals surface area contributed by atoms with Crippen LogP contribution in [0.1, 0.15) is 52.4 Å². The van der Waals surface area contributed by atoms with E-state index in [0.717, 1.165) is 18.3 Å². The van der Waals surface area contributed by atoms with E-state index in [9.17, 15) is 4.79 Å². The first-order valence-corrected chi connectivity index (χ1v) is 7.59. The van der Waals surface area contributed by atoms with Gasteiger partial charge in [0.15, 0.2) is 0 Å². The lowest BCUT2D eigenvalue weighted by Crippen LogP contribution is -2.39. The van der Waals surface area contributed by atoms with Crippen molar-refractivity contribution >= 4 is 5.91 Å². The van der Waals surface area contributed by atoms with Gasteiger partial charge in [-0.3, -0.25) is 4.79 Å². The second-order valence-corrected chi connectivity index (χ2v) is 6.70. The van der Waals surface area contributed by atoms with Gasteiger partial charge in [-0.25, -0.2) is 0 Å². The third-order valence-electron chi connectivity index (χ3n) is 4.20. The van der Waals surface area contributed by atoms with E-state index in [-0.39, 0.29) is 5.91 Å². The van der Waals surface area contributed by atoms with Crippen molar-refractivity contribution in [2.24, 2.45) is 29.4 Å². The van der Waals surface area contributed by atoms with Crippen molar-refractivity contribution in [3.63, 3.8) is 0 Å².